The molecule has 6 heteroatoms. The minimum Gasteiger partial charge on any atom is -0.497 e. The fourth-order valence-electron chi connectivity index (χ4n) is 4.76. The van der Waals surface area contributed by atoms with Crippen LogP contribution in [0.5, 0.6) is 5.75 Å². The molecule has 0 aliphatic heterocycles. The molecular formula is C31H36N2O3S. The number of nitrogens with one attached hydrogen (secondary N) is 1. The van der Waals surface area contributed by atoms with E-state index in [9.17, 15) is 9.59 Å². The largest absolute Gasteiger partial charge is 0.497 e. The molecule has 1 atom stereocenters. The first-order chi connectivity index (χ1) is 18.1. The molecule has 5 nitrogen and oxygen atoms in total. The van der Waals surface area contributed by atoms with Gasteiger partial charge < -0.3 is 15.0 Å². The van der Waals surface area contributed by atoms with Crippen molar-refractivity contribution in [3.05, 3.63) is 102 Å². The maximum absolute atomic E-state index is 13.7. The van der Waals surface area contributed by atoms with Gasteiger partial charge in [-0.05, 0) is 41.7 Å². The summed E-state index contributed by atoms with van der Waals surface area (Å²) >= 11 is 1.57. The predicted molar refractivity (Wildman–Crippen MR) is 150 cm³/mol. The number of ether oxygens (including phenoxy) is 1. The molecule has 1 aliphatic rings. The number of carbonyl (C=O) groups is 2. The number of hydrogen-bond donors (Lipinski definition) is 1. The predicted octanol–water partition coefficient (Wildman–Crippen LogP) is 5.63. The molecular weight excluding hydrogens is 480 g/mol. The Balaban J connectivity index is 1.52. The maximum Gasteiger partial charge on any atom is 0.243 e. The van der Waals surface area contributed by atoms with Gasteiger partial charge >= 0.3 is 0 Å². The Hall–Kier alpha value is -3.25. The Morgan fingerprint density at radius 2 is 1.51 bits per heavy atom. The third kappa shape index (κ3) is 8.12. The molecule has 4 rings (SSSR count). The lowest BCUT2D eigenvalue weighted by Gasteiger charge is -2.32. The number of amides is 2. The van der Waals surface area contributed by atoms with Gasteiger partial charge in [-0.25, -0.2) is 0 Å². The number of thioether (sulfide) groups is 1. The van der Waals surface area contributed by atoms with Gasteiger partial charge in [0.05, 0.1) is 12.9 Å². The zero-order valence-electron chi connectivity index (χ0n) is 21.5. The van der Waals surface area contributed by atoms with Crippen molar-refractivity contribution >= 4 is 23.6 Å². The highest BCUT2D eigenvalue weighted by Gasteiger charge is 2.32. The highest BCUT2D eigenvalue weighted by Crippen LogP contribution is 2.22. The summed E-state index contributed by atoms with van der Waals surface area (Å²) in [5.41, 5.74) is 3.20. The Bertz CT molecular complexity index is 1120. The zero-order valence-corrected chi connectivity index (χ0v) is 22.3. The van der Waals surface area contributed by atoms with Gasteiger partial charge in [0, 0.05) is 24.8 Å². The fourth-order valence-corrected chi connectivity index (χ4v) is 5.63. The molecule has 3 aromatic carbocycles. The van der Waals surface area contributed by atoms with E-state index >= 15 is 0 Å². The van der Waals surface area contributed by atoms with E-state index in [1.54, 1.807) is 23.8 Å². The van der Waals surface area contributed by atoms with Crippen LogP contribution in [0.1, 0.15) is 42.4 Å². The Kier molecular flexibility index (Phi) is 10.1. The van der Waals surface area contributed by atoms with Gasteiger partial charge in [0.15, 0.2) is 0 Å². The van der Waals surface area contributed by atoms with Gasteiger partial charge in [0.2, 0.25) is 11.8 Å². The smallest absolute Gasteiger partial charge is 0.243 e. The van der Waals surface area contributed by atoms with E-state index in [1.807, 2.05) is 84.9 Å². The topological polar surface area (TPSA) is 58.6 Å². The second kappa shape index (κ2) is 13.9. The van der Waals surface area contributed by atoms with Crippen molar-refractivity contribution in [3.8, 4) is 5.75 Å². The Labute approximate surface area is 224 Å². The fraction of sp³-hybridized carbons (Fsp3) is 0.355. The summed E-state index contributed by atoms with van der Waals surface area (Å²) < 4.78 is 5.24. The number of benzene rings is 3. The van der Waals surface area contributed by atoms with E-state index in [0.29, 0.717) is 24.5 Å². The third-order valence-corrected chi connectivity index (χ3v) is 7.81. The first-order valence-corrected chi connectivity index (χ1v) is 14.2. The van der Waals surface area contributed by atoms with Crippen LogP contribution < -0.4 is 10.1 Å². The van der Waals surface area contributed by atoms with Crippen molar-refractivity contribution in [1.29, 1.82) is 0 Å². The second-order valence-electron chi connectivity index (χ2n) is 9.54. The molecule has 1 saturated carbocycles. The number of carbonyl (C=O) groups excluding carboxylic acids is 2. The van der Waals surface area contributed by atoms with E-state index < -0.39 is 6.04 Å². The first-order valence-electron chi connectivity index (χ1n) is 13.0. The van der Waals surface area contributed by atoms with Gasteiger partial charge in [-0.3, -0.25) is 9.59 Å². The SMILES string of the molecule is COc1ccc(CSCC(=O)N(Cc2ccccc2)[C@H](Cc2ccccc2)C(=O)NC2CCCC2)cc1. The number of rotatable bonds is 12. The van der Waals surface area contributed by atoms with Crippen molar-refractivity contribution in [1.82, 2.24) is 10.2 Å². The van der Waals surface area contributed by atoms with Crippen LogP contribution in [0.2, 0.25) is 0 Å². The lowest BCUT2D eigenvalue weighted by Crippen LogP contribution is -2.52. The quantitative estimate of drug-likeness (QED) is 0.339. The average molecular weight is 517 g/mol. The molecule has 1 aliphatic carbocycles. The van der Waals surface area contributed by atoms with Crippen molar-refractivity contribution in [2.75, 3.05) is 12.9 Å². The van der Waals surface area contributed by atoms with Crippen molar-refractivity contribution in [3.63, 3.8) is 0 Å². The highest BCUT2D eigenvalue weighted by atomic mass is 32.2. The monoisotopic (exact) mass is 516 g/mol. The van der Waals surface area contributed by atoms with Crippen LogP contribution >= 0.6 is 11.8 Å². The number of nitrogens with zero attached hydrogens (tertiary/aromatic N) is 1. The molecule has 0 bridgehead atoms. The maximum atomic E-state index is 13.7. The molecule has 194 valence electrons. The molecule has 0 heterocycles. The normalized spacial score (nSPS) is 14.2. The second-order valence-corrected chi connectivity index (χ2v) is 10.5. The molecule has 0 aromatic heterocycles. The summed E-state index contributed by atoms with van der Waals surface area (Å²) in [6.45, 7) is 0.401. The summed E-state index contributed by atoms with van der Waals surface area (Å²) in [6, 6.07) is 27.5. The highest BCUT2D eigenvalue weighted by molar-refractivity contribution is 7.99. The molecule has 2 amide bonds. The number of hydrogen-bond acceptors (Lipinski definition) is 4. The van der Waals surface area contributed by atoms with Crippen LogP contribution in [0.25, 0.3) is 0 Å². The summed E-state index contributed by atoms with van der Waals surface area (Å²) in [4.78, 5) is 29.2. The van der Waals surface area contributed by atoms with Crippen molar-refractivity contribution in [2.45, 2.75) is 56.5 Å². The third-order valence-electron chi connectivity index (χ3n) is 6.82. The summed E-state index contributed by atoms with van der Waals surface area (Å²) in [5, 5.41) is 3.26. The van der Waals surface area contributed by atoms with Gasteiger partial charge in [-0.2, -0.15) is 0 Å². The van der Waals surface area contributed by atoms with Crippen molar-refractivity contribution < 1.29 is 14.3 Å². The van der Waals surface area contributed by atoms with Gasteiger partial charge in [0.1, 0.15) is 11.8 Å². The number of methoxy groups -OCH3 is 1. The molecule has 1 N–H and O–H groups in total. The van der Waals surface area contributed by atoms with E-state index in [1.165, 1.54) is 0 Å². The lowest BCUT2D eigenvalue weighted by atomic mass is 10.0. The Morgan fingerprint density at radius 3 is 2.14 bits per heavy atom. The first kappa shape index (κ1) is 26.8. The van der Waals surface area contributed by atoms with Crippen LogP contribution in [-0.2, 0) is 28.3 Å². The standard InChI is InChI=1S/C31H36N2O3S/c1-36-28-18-16-26(17-19-28)22-37-23-30(34)33(21-25-12-6-3-7-13-25)29(20-24-10-4-2-5-11-24)31(35)32-27-14-8-9-15-27/h2-7,10-13,16-19,27,29H,8-9,14-15,20-23H2,1H3,(H,32,35)/t29-/m1/s1. The summed E-state index contributed by atoms with van der Waals surface area (Å²) in [7, 11) is 1.65. The Morgan fingerprint density at radius 1 is 0.892 bits per heavy atom. The summed E-state index contributed by atoms with van der Waals surface area (Å²) in [5.74, 6) is 1.76. The van der Waals surface area contributed by atoms with E-state index in [4.69, 9.17) is 4.74 Å². The van der Waals surface area contributed by atoms with Gasteiger partial charge in [-0.15, -0.1) is 11.8 Å². The molecule has 0 saturated heterocycles. The van der Waals surface area contributed by atoms with Crippen LogP contribution in [0.15, 0.2) is 84.9 Å². The van der Waals surface area contributed by atoms with E-state index in [-0.39, 0.29) is 17.9 Å². The molecule has 0 unspecified atom stereocenters. The molecule has 0 radical (unpaired) electrons. The van der Waals surface area contributed by atoms with Crippen LogP contribution in [0, 0.1) is 0 Å². The van der Waals surface area contributed by atoms with Crippen LogP contribution in [0.4, 0.5) is 0 Å². The minimum absolute atomic E-state index is 0.0233. The molecule has 0 spiro atoms. The van der Waals surface area contributed by atoms with Gasteiger partial charge in [-0.1, -0.05) is 85.6 Å². The molecule has 1 fully saturated rings. The van der Waals surface area contributed by atoms with E-state index in [2.05, 4.69) is 5.32 Å². The van der Waals surface area contributed by atoms with Crippen LogP contribution in [-0.4, -0.2) is 41.7 Å². The summed E-state index contributed by atoms with van der Waals surface area (Å²) in [6.07, 6.45) is 4.79. The van der Waals surface area contributed by atoms with Gasteiger partial charge in [0.25, 0.3) is 0 Å². The lowest BCUT2D eigenvalue weighted by molar-refractivity contribution is -0.139. The van der Waals surface area contributed by atoms with Crippen molar-refractivity contribution in [2.24, 2.45) is 0 Å². The molecule has 37 heavy (non-hydrogen) atoms. The molecule has 3 aromatic rings. The minimum atomic E-state index is -0.572. The van der Waals surface area contributed by atoms with Crippen LogP contribution in [0.3, 0.4) is 0 Å². The van der Waals surface area contributed by atoms with E-state index in [0.717, 1.165) is 48.1 Å². The zero-order chi connectivity index (χ0) is 25.9. The average Bonchev–Trinajstić information content (AvgIpc) is 3.45.